The molecule has 2 aliphatic heterocycles. The maximum Gasteiger partial charge on any atom is 0.269 e. The van der Waals surface area contributed by atoms with E-state index in [1.807, 2.05) is 30.3 Å². The molecule has 176 valence electrons. The third-order valence-electron chi connectivity index (χ3n) is 6.22. The first-order chi connectivity index (χ1) is 15.7. The van der Waals surface area contributed by atoms with Crippen molar-refractivity contribution in [1.29, 1.82) is 0 Å². The van der Waals surface area contributed by atoms with Crippen LogP contribution in [0.15, 0.2) is 53.4 Å². The molecule has 2 aliphatic rings. The van der Waals surface area contributed by atoms with E-state index < -0.39 is 22.0 Å². The smallest absolute Gasteiger partial charge is 0.269 e. The zero-order chi connectivity index (χ0) is 23.8. The van der Waals surface area contributed by atoms with Gasteiger partial charge in [0.2, 0.25) is 0 Å². The number of nitrogens with zero attached hydrogens (tertiary/aromatic N) is 3. The fraction of sp³-hybridized carbons (Fsp3) is 0.417. The van der Waals surface area contributed by atoms with Crippen LogP contribution in [0.1, 0.15) is 46.2 Å². The molecule has 2 heterocycles. The molecule has 2 aromatic rings. The van der Waals surface area contributed by atoms with Crippen LogP contribution in [-0.4, -0.2) is 80.2 Å². The van der Waals surface area contributed by atoms with Gasteiger partial charge in [-0.05, 0) is 44.7 Å². The molecule has 8 nitrogen and oxygen atoms in total. The van der Waals surface area contributed by atoms with E-state index in [9.17, 15) is 18.0 Å². The van der Waals surface area contributed by atoms with Gasteiger partial charge >= 0.3 is 0 Å². The summed E-state index contributed by atoms with van der Waals surface area (Å²) in [6.07, 6.45) is 0. The highest BCUT2D eigenvalue weighted by molar-refractivity contribution is 7.90. The Bertz CT molecular complexity index is 1140. The molecule has 1 N–H and O–H groups in total. The van der Waals surface area contributed by atoms with E-state index in [1.165, 1.54) is 18.2 Å². The Morgan fingerprint density at radius 1 is 1.03 bits per heavy atom. The van der Waals surface area contributed by atoms with Gasteiger partial charge < -0.3 is 10.2 Å². The molecule has 9 heteroatoms. The van der Waals surface area contributed by atoms with E-state index in [-0.39, 0.29) is 28.0 Å². The Morgan fingerprint density at radius 3 is 2.33 bits per heavy atom. The number of likely N-dealkylation sites (N-methyl/N-ethyl adjacent to an activating group) is 1. The van der Waals surface area contributed by atoms with Crippen molar-refractivity contribution in [2.75, 3.05) is 39.8 Å². The summed E-state index contributed by atoms with van der Waals surface area (Å²) in [6, 6.07) is 13.3. The molecule has 1 saturated heterocycles. The molecular formula is C24H30N4O4S. The lowest BCUT2D eigenvalue weighted by atomic mass is 10.0. The van der Waals surface area contributed by atoms with Crippen LogP contribution < -0.4 is 5.32 Å². The molecule has 1 unspecified atom stereocenters. The average molecular weight is 471 g/mol. The molecule has 0 aliphatic carbocycles. The molecule has 4 rings (SSSR count). The molecule has 2 aromatic carbocycles. The lowest BCUT2D eigenvalue weighted by Gasteiger charge is -2.35. The highest BCUT2D eigenvalue weighted by Crippen LogP contribution is 2.32. The molecule has 33 heavy (non-hydrogen) atoms. The Hall–Kier alpha value is -2.75. The topological polar surface area (TPSA) is 90.0 Å². The summed E-state index contributed by atoms with van der Waals surface area (Å²) in [5.41, 5.74) is 1.31. The minimum Gasteiger partial charge on any atom is -0.344 e. The third kappa shape index (κ3) is 4.66. The zero-order valence-electron chi connectivity index (χ0n) is 19.2. The van der Waals surface area contributed by atoms with Gasteiger partial charge in [-0.3, -0.25) is 14.5 Å². The number of hydrogen-bond acceptors (Lipinski definition) is 6. The van der Waals surface area contributed by atoms with E-state index in [0.29, 0.717) is 6.54 Å². The van der Waals surface area contributed by atoms with Crippen LogP contribution in [0, 0.1) is 0 Å². The number of nitrogens with one attached hydrogen (secondary N) is 1. The standard InChI is InChI=1S/C24H30N4O4S/c1-17(2)28-24(30)20-10-9-19(15-22(20)33(28,31)32)23(29)25-21(18-7-5-4-6-8-18)16-27-13-11-26(3)12-14-27/h4-10,15,17,21H,11-14,16H2,1-3H3,(H,25,29). The minimum atomic E-state index is -3.97. The van der Waals surface area contributed by atoms with Crippen molar-refractivity contribution >= 4 is 21.8 Å². The molecule has 1 atom stereocenters. The molecule has 1 fully saturated rings. The van der Waals surface area contributed by atoms with Gasteiger partial charge in [-0.15, -0.1) is 0 Å². The van der Waals surface area contributed by atoms with Gasteiger partial charge in [0.05, 0.1) is 11.6 Å². The molecular weight excluding hydrogens is 440 g/mol. The summed E-state index contributed by atoms with van der Waals surface area (Å²) in [5, 5.41) is 3.08. The third-order valence-corrected chi connectivity index (χ3v) is 8.22. The van der Waals surface area contributed by atoms with Gasteiger partial charge in [0, 0.05) is 44.3 Å². The van der Waals surface area contributed by atoms with Gasteiger partial charge in [-0.1, -0.05) is 30.3 Å². The molecule has 2 amide bonds. The average Bonchev–Trinajstić information content (AvgIpc) is 3.00. The second kappa shape index (κ2) is 9.24. The number of fused-ring (bicyclic) bond motifs is 1. The molecule has 0 aromatic heterocycles. The molecule has 0 bridgehead atoms. The van der Waals surface area contributed by atoms with E-state index in [1.54, 1.807) is 13.8 Å². The summed E-state index contributed by atoms with van der Waals surface area (Å²) in [5.74, 6) is -0.921. The summed E-state index contributed by atoms with van der Waals surface area (Å²) < 4.78 is 26.7. The normalized spacial score (nSPS) is 19.5. The van der Waals surface area contributed by atoms with Crippen molar-refractivity contribution in [1.82, 2.24) is 19.4 Å². The van der Waals surface area contributed by atoms with Gasteiger partial charge in [-0.25, -0.2) is 12.7 Å². The van der Waals surface area contributed by atoms with E-state index >= 15 is 0 Å². The van der Waals surface area contributed by atoms with Crippen molar-refractivity contribution < 1.29 is 18.0 Å². The van der Waals surface area contributed by atoms with Gasteiger partial charge in [0.15, 0.2) is 0 Å². The fourth-order valence-corrected chi connectivity index (χ4v) is 6.14. The number of piperazine rings is 1. The monoisotopic (exact) mass is 470 g/mol. The number of benzene rings is 2. The van der Waals surface area contributed by atoms with Crippen LogP contribution in [0.2, 0.25) is 0 Å². The second-order valence-electron chi connectivity index (χ2n) is 8.95. The van der Waals surface area contributed by atoms with Crippen LogP contribution in [-0.2, 0) is 10.0 Å². The van der Waals surface area contributed by atoms with Crippen LogP contribution in [0.4, 0.5) is 0 Å². The summed E-state index contributed by atoms with van der Waals surface area (Å²) in [6.45, 7) is 7.74. The molecule has 0 radical (unpaired) electrons. The first-order valence-electron chi connectivity index (χ1n) is 11.2. The van der Waals surface area contributed by atoms with Crippen molar-refractivity contribution in [3.63, 3.8) is 0 Å². The predicted octanol–water partition coefficient (Wildman–Crippen LogP) is 1.96. The van der Waals surface area contributed by atoms with E-state index in [0.717, 1.165) is 36.0 Å². The van der Waals surface area contributed by atoms with Gasteiger partial charge in [0.25, 0.3) is 21.8 Å². The molecule has 0 saturated carbocycles. The van der Waals surface area contributed by atoms with Crippen molar-refractivity contribution in [2.45, 2.75) is 30.8 Å². The summed E-state index contributed by atoms with van der Waals surface area (Å²) >= 11 is 0. The predicted molar refractivity (Wildman–Crippen MR) is 126 cm³/mol. The Labute approximate surface area is 195 Å². The zero-order valence-corrected chi connectivity index (χ0v) is 20.0. The maximum atomic E-state index is 13.2. The van der Waals surface area contributed by atoms with Gasteiger partial charge in [0.1, 0.15) is 4.90 Å². The highest BCUT2D eigenvalue weighted by atomic mass is 32.2. The van der Waals surface area contributed by atoms with Crippen LogP contribution >= 0.6 is 0 Å². The Balaban J connectivity index is 1.58. The van der Waals surface area contributed by atoms with Crippen LogP contribution in [0.5, 0.6) is 0 Å². The van der Waals surface area contributed by atoms with E-state index in [4.69, 9.17) is 0 Å². The van der Waals surface area contributed by atoms with Crippen molar-refractivity contribution in [2.24, 2.45) is 0 Å². The largest absolute Gasteiger partial charge is 0.344 e. The van der Waals surface area contributed by atoms with Crippen LogP contribution in [0.3, 0.4) is 0 Å². The first kappa shape index (κ1) is 23.4. The lowest BCUT2D eigenvalue weighted by Crippen LogP contribution is -2.47. The van der Waals surface area contributed by atoms with E-state index in [2.05, 4.69) is 22.2 Å². The van der Waals surface area contributed by atoms with Crippen LogP contribution in [0.25, 0.3) is 0 Å². The number of rotatable bonds is 6. The Kier molecular flexibility index (Phi) is 6.56. The number of hydrogen-bond donors (Lipinski definition) is 1. The second-order valence-corrected chi connectivity index (χ2v) is 10.7. The highest BCUT2D eigenvalue weighted by Gasteiger charge is 2.43. The first-order valence-corrected chi connectivity index (χ1v) is 12.6. The van der Waals surface area contributed by atoms with Crippen molar-refractivity contribution in [3.05, 3.63) is 65.2 Å². The van der Waals surface area contributed by atoms with Crippen molar-refractivity contribution in [3.8, 4) is 0 Å². The number of sulfonamides is 1. The SMILES string of the molecule is CC(C)N1C(=O)c2ccc(C(=O)NC(CN3CCN(C)CC3)c3ccccc3)cc2S1(=O)=O. The number of carbonyl (C=O) groups is 2. The van der Waals surface area contributed by atoms with Gasteiger partial charge in [-0.2, -0.15) is 0 Å². The fourth-order valence-electron chi connectivity index (χ4n) is 4.35. The lowest BCUT2D eigenvalue weighted by molar-refractivity contribution is 0.0844. The minimum absolute atomic E-state index is 0.107. The number of carbonyl (C=O) groups excluding carboxylic acids is 2. The summed E-state index contributed by atoms with van der Waals surface area (Å²) in [7, 11) is -1.87. The maximum absolute atomic E-state index is 13.2. The Morgan fingerprint density at radius 2 is 1.70 bits per heavy atom. The quantitative estimate of drug-likeness (QED) is 0.694. The number of amides is 2. The summed E-state index contributed by atoms with van der Waals surface area (Å²) in [4.78, 5) is 30.3. The molecule has 0 spiro atoms.